The molecule has 2 rings (SSSR count). The Morgan fingerprint density at radius 3 is 2.41 bits per heavy atom. The Balaban J connectivity index is 2.12. The Hall–Kier alpha value is -2.04. The van der Waals surface area contributed by atoms with Crippen molar-refractivity contribution in [3.05, 3.63) is 35.9 Å². The van der Waals surface area contributed by atoms with Crippen molar-refractivity contribution in [2.24, 2.45) is 5.92 Å². The molecule has 1 N–H and O–H groups in total. The van der Waals surface area contributed by atoms with E-state index in [2.05, 4.69) is 0 Å². The molecular formula is C17H23NO4. The van der Waals surface area contributed by atoms with E-state index in [9.17, 15) is 14.7 Å². The summed E-state index contributed by atoms with van der Waals surface area (Å²) in [7, 11) is 0. The molecule has 22 heavy (non-hydrogen) atoms. The van der Waals surface area contributed by atoms with Gasteiger partial charge in [-0.05, 0) is 32.8 Å². The fourth-order valence-electron chi connectivity index (χ4n) is 2.79. The largest absolute Gasteiger partial charge is 0.481 e. The lowest BCUT2D eigenvalue weighted by atomic mass is 9.80. The summed E-state index contributed by atoms with van der Waals surface area (Å²) in [6.07, 6.45) is 0.186. The van der Waals surface area contributed by atoms with Gasteiger partial charge in [-0.3, -0.25) is 4.79 Å². The standard InChI is InChI=1S/C17H23NO4/c1-17(2,3)22-16(21)18-10-9-13(14(11-18)15(19)20)12-7-5-4-6-8-12/h4-8,13-14H,9-11H2,1-3H3,(H,19,20)/t13-,14+/m1/s1. The second-order valence-electron chi connectivity index (χ2n) is 6.68. The molecular weight excluding hydrogens is 282 g/mol. The fourth-order valence-corrected chi connectivity index (χ4v) is 2.79. The molecule has 1 aromatic carbocycles. The lowest BCUT2D eigenvalue weighted by Gasteiger charge is -2.37. The van der Waals surface area contributed by atoms with Crippen LogP contribution in [0.3, 0.4) is 0 Å². The molecule has 0 spiro atoms. The van der Waals surface area contributed by atoms with Crippen LogP contribution in [0.15, 0.2) is 30.3 Å². The van der Waals surface area contributed by atoms with Gasteiger partial charge in [-0.1, -0.05) is 30.3 Å². The Morgan fingerprint density at radius 1 is 1.23 bits per heavy atom. The highest BCUT2D eigenvalue weighted by Gasteiger charge is 2.38. The van der Waals surface area contributed by atoms with Crippen molar-refractivity contribution in [1.82, 2.24) is 4.90 Å². The van der Waals surface area contributed by atoms with Crippen LogP contribution in [-0.4, -0.2) is 40.8 Å². The van der Waals surface area contributed by atoms with Crippen molar-refractivity contribution in [3.63, 3.8) is 0 Å². The molecule has 0 bridgehead atoms. The molecule has 1 aliphatic heterocycles. The van der Waals surface area contributed by atoms with Crippen LogP contribution in [0.4, 0.5) is 4.79 Å². The van der Waals surface area contributed by atoms with Gasteiger partial charge in [0, 0.05) is 19.0 Å². The number of ether oxygens (including phenoxy) is 1. The van der Waals surface area contributed by atoms with Gasteiger partial charge >= 0.3 is 12.1 Å². The van der Waals surface area contributed by atoms with E-state index in [1.807, 2.05) is 30.3 Å². The van der Waals surface area contributed by atoms with E-state index in [1.54, 1.807) is 20.8 Å². The van der Waals surface area contributed by atoms with Gasteiger partial charge in [0.1, 0.15) is 5.60 Å². The van der Waals surface area contributed by atoms with E-state index in [0.29, 0.717) is 13.0 Å². The first-order chi connectivity index (χ1) is 10.3. The maximum Gasteiger partial charge on any atom is 0.410 e. The van der Waals surface area contributed by atoms with E-state index >= 15 is 0 Å². The van der Waals surface area contributed by atoms with Crippen LogP contribution in [0.5, 0.6) is 0 Å². The number of nitrogens with zero attached hydrogens (tertiary/aromatic N) is 1. The predicted molar refractivity (Wildman–Crippen MR) is 82.7 cm³/mol. The highest BCUT2D eigenvalue weighted by Crippen LogP contribution is 2.33. The van der Waals surface area contributed by atoms with Gasteiger partial charge in [0.2, 0.25) is 0 Å². The Bertz CT molecular complexity index is 535. The number of rotatable bonds is 2. The van der Waals surface area contributed by atoms with E-state index in [0.717, 1.165) is 5.56 Å². The molecule has 5 heteroatoms. The topological polar surface area (TPSA) is 66.8 Å². The molecule has 1 aromatic rings. The van der Waals surface area contributed by atoms with Gasteiger partial charge in [0.25, 0.3) is 0 Å². The summed E-state index contributed by atoms with van der Waals surface area (Å²) in [6.45, 7) is 6.10. The van der Waals surface area contributed by atoms with Crippen molar-refractivity contribution in [2.75, 3.05) is 13.1 Å². The number of piperidine rings is 1. The number of hydrogen-bond donors (Lipinski definition) is 1. The number of aliphatic carboxylic acids is 1. The fraction of sp³-hybridized carbons (Fsp3) is 0.529. The molecule has 2 atom stereocenters. The molecule has 5 nitrogen and oxygen atoms in total. The number of carbonyl (C=O) groups excluding carboxylic acids is 1. The summed E-state index contributed by atoms with van der Waals surface area (Å²) in [6, 6.07) is 9.63. The zero-order valence-electron chi connectivity index (χ0n) is 13.3. The molecule has 0 saturated carbocycles. The lowest BCUT2D eigenvalue weighted by molar-refractivity contribution is -0.144. The van der Waals surface area contributed by atoms with Crippen LogP contribution in [0.2, 0.25) is 0 Å². The maximum atomic E-state index is 12.1. The first kappa shape index (κ1) is 16.3. The van der Waals surface area contributed by atoms with Gasteiger partial charge < -0.3 is 14.7 Å². The molecule has 0 unspecified atom stereocenters. The van der Waals surface area contributed by atoms with Gasteiger partial charge in [0.15, 0.2) is 0 Å². The maximum absolute atomic E-state index is 12.1. The molecule has 0 aromatic heterocycles. The number of amides is 1. The number of benzene rings is 1. The van der Waals surface area contributed by atoms with Crippen LogP contribution in [0.25, 0.3) is 0 Å². The minimum absolute atomic E-state index is 0.0719. The molecule has 1 saturated heterocycles. The first-order valence-corrected chi connectivity index (χ1v) is 7.53. The zero-order chi connectivity index (χ0) is 16.3. The Kier molecular flexibility index (Phi) is 4.74. The lowest BCUT2D eigenvalue weighted by Crippen LogP contribution is -2.47. The van der Waals surface area contributed by atoms with Crippen LogP contribution in [-0.2, 0) is 9.53 Å². The van der Waals surface area contributed by atoms with Gasteiger partial charge in [-0.25, -0.2) is 4.79 Å². The number of hydrogen-bond acceptors (Lipinski definition) is 3. The Labute approximate surface area is 130 Å². The molecule has 1 amide bonds. The molecule has 1 heterocycles. The SMILES string of the molecule is CC(C)(C)OC(=O)N1CC[C@H](c2ccccc2)[C@@H](C(=O)O)C1. The minimum Gasteiger partial charge on any atom is -0.481 e. The third-order valence-corrected chi connectivity index (χ3v) is 3.81. The monoisotopic (exact) mass is 305 g/mol. The van der Waals surface area contributed by atoms with Gasteiger partial charge in [0.05, 0.1) is 5.92 Å². The average Bonchev–Trinajstić information content (AvgIpc) is 2.45. The van der Waals surface area contributed by atoms with Crippen molar-refractivity contribution in [1.29, 1.82) is 0 Å². The summed E-state index contributed by atoms with van der Waals surface area (Å²) >= 11 is 0. The second kappa shape index (κ2) is 6.38. The molecule has 0 radical (unpaired) electrons. The minimum atomic E-state index is -0.873. The summed E-state index contributed by atoms with van der Waals surface area (Å²) in [5, 5.41) is 9.52. The third-order valence-electron chi connectivity index (χ3n) is 3.81. The summed E-state index contributed by atoms with van der Waals surface area (Å²) in [5.74, 6) is -1.55. The van der Waals surface area contributed by atoms with Crippen molar-refractivity contribution in [2.45, 2.75) is 38.7 Å². The van der Waals surface area contributed by atoms with Crippen molar-refractivity contribution >= 4 is 12.1 Å². The third kappa shape index (κ3) is 4.00. The highest BCUT2D eigenvalue weighted by atomic mass is 16.6. The summed E-state index contributed by atoms with van der Waals surface area (Å²) in [4.78, 5) is 25.3. The van der Waals surface area contributed by atoms with E-state index in [1.165, 1.54) is 4.90 Å². The number of carboxylic acids is 1. The normalized spacial score (nSPS) is 22.2. The zero-order valence-corrected chi connectivity index (χ0v) is 13.3. The average molecular weight is 305 g/mol. The van der Waals surface area contributed by atoms with Gasteiger partial charge in [-0.2, -0.15) is 0 Å². The van der Waals surface area contributed by atoms with Crippen molar-refractivity contribution in [3.8, 4) is 0 Å². The molecule has 120 valence electrons. The van der Waals surface area contributed by atoms with Crippen molar-refractivity contribution < 1.29 is 19.4 Å². The Morgan fingerprint density at radius 2 is 1.86 bits per heavy atom. The van der Waals surface area contributed by atoms with E-state index < -0.39 is 23.6 Å². The van der Waals surface area contributed by atoms with Crippen LogP contribution in [0.1, 0.15) is 38.7 Å². The molecule has 1 fully saturated rings. The second-order valence-corrected chi connectivity index (χ2v) is 6.68. The summed E-state index contributed by atoms with van der Waals surface area (Å²) in [5.41, 5.74) is 0.435. The number of likely N-dealkylation sites (tertiary alicyclic amines) is 1. The highest BCUT2D eigenvalue weighted by molar-refractivity contribution is 5.74. The quantitative estimate of drug-likeness (QED) is 0.911. The predicted octanol–water partition coefficient (Wildman–Crippen LogP) is 3.11. The molecule has 0 aliphatic carbocycles. The smallest absolute Gasteiger partial charge is 0.410 e. The molecule has 1 aliphatic rings. The number of carbonyl (C=O) groups is 2. The van der Waals surface area contributed by atoms with E-state index in [-0.39, 0.29) is 12.5 Å². The van der Waals surface area contributed by atoms with Crippen LogP contribution in [0, 0.1) is 5.92 Å². The number of carboxylic acid groups (broad SMARTS) is 1. The summed E-state index contributed by atoms with van der Waals surface area (Å²) < 4.78 is 5.34. The van der Waals surface area contributed by atoms with Gasteiger partial charge in [-0.15, -0.1) is 0 Å². The van der Waals surface area contributed by atoms with Crippen LogP contribution < -0.4 is 0 Å². The van der Waals surface area contributed by atoms with Crippen LogP contribution >= 0.6 is 0 Å². The first-order valence-electron chi connectivity index (χ1n) is 7.53. The van der Waals surface area contributed by atoms with E-state index in [4.69, 9.17) is 4.74 Å².